The molecule has 104 valence electrons. The van der Waals surface area contributed by atoms with Crippen molar-refractivity contribution < 1.29 is 0 Å². The van der Waals surface area contributed by atoms with Crippen LogP contribution in [-0.4, -0.2) is 12.0 Å². The standard InChI is InChI=1S/C17H19BrN2/c1-19-16(17-15(18)6-3-11-20-17)14-9-7-13(8-10-14)12-4-2-5-12/h3,6-12,16,19H,2,4-5H2,1H3. The van der Waals surface area contributed by atoms with Crippen LogP contribution in [-0.2, 0) is 0 Å². The molecule has 3 rings (SSSR count). The number of rotatable bonds is 4. The molecule has 0 amide bonds. The number of hydrogen-bond donors (Lipinski definition) is 1. The Morgan fingerprint density at radius 3 is 2.50 bits per heavy atom. The van der Waals surface area contributed by atoms with Gasteiger partial charge in [-0.15, -0.1) is 0 Å². The average Bonchev–Trinajstić information content (AvgIpc) is 2.41. The number of aromatic nitrogens is 1. The Bertz CT molecular complexity index is 576. The van der Waals surface area contributed by atoms with Gasteiger partial charge in [0.1, 0.15) is 0 Å². The fraction of sp³-hybridized carbons (Fsp3) is 0.353. The topological polar surface area (TPSA) is 24.9 Å². The number of nitrogens with one attached hydrogen (secondary N) is 1. The highest BCUT2D eigenvalue weighted by atomic mass is 79.9. The summed E-state index contributed by atoms with van der Waals surface area (Å²) in [5.41, 5.74) is 3.77. The Morgan fingerprint density at radius 1 is 1.20 bits per heavy atom. The number of benzene rings is 1. The second-order valence-corrected chi connectivity index (χ2v) is 6.24. The third-order valence-electron chi connectivity index (χ3n) is 4.20. The first kappa shape index (κ1) is 13.8. The fourth-order valence-corrected chi connectivity index (χ4v) is 3.26. The molecule has 1 aromatic carbocycles. The van der Waals surface area contributed by atoms with Crippen LogP contribution in [0.25, 0.3) is 0 Å². The van der Waals surface area contributed by atoms with E-state index < -0.39 is 0 Å². The van der Waals surface area contributed by atoms with E-state index >= 15 is 0 Å². The van der Waals surface area contributed by atoms with Crippen LogP contribution in [0.5, 0.6) is 0 Å². The Hall–Kier alpha value is -1.19. The molecular weight excluding hydrogens is 312 g/mol. The smallest absolute Gasteiger partial charge is 0.0760 e. The van der Waals surface area contributed by atoms with E-state index in [2.05, 4.69) is 50.5 Å². The van der Waals surface area contributed by atoms with Gasteiger partial charge in [-0.05, 0) is 65.0 Å². The minimum absolute atomic E-state index is 0.126. The maximum Gasteiger partial charge on any atom is 0.0760 e. The molecule has 0 radical (unpaired) electrons. The third kappa shape index (κ3) is 2.65. The highest BCUT2D eigenvalue weighted by Crippen LogP contribution is 2.37. The first-order valence-electron chi connectivity index (χ1n) is 7.17. The zero-order valence-electron chi connectivity index (χ0n) is 11.6. The lowest BCUT2D eigenvalue weighted by Gasteiger charge is -2.26. The van der Waals surface area contributed by atoms with Crippen molar-refractivity contribution in [2.75, 3.05) is 7.05 Å². The van der Waals surface area contributed by atoms with E-state index in [1.807, 2.05) is 25.4 Å². The molecule has 1 aliphatic carbocycles. The molecule has 1 atom stereocenters. The SMILES string of the molecule is CNC(c1ccc(C2CCC2)cc1)c1ncccc1Br. The number of pyridine rings is 1. The van der Waals surface area contributed by atoms with Crippen LogP contribution in [0.3, 0.4) is 0 Å². The van der Waals surface area contributed by atoms with E-state index in [0.29, 0.717) is 0 Å². The van der Waals surface area contributed by atoms with Crippen LogP contribution in [0.15, 0.2) is 47.1 Å². The summed E-state index contributed by atoms with van der Waals surface area (Å²) >= 11 is 3.59. The summed E-state index contributed by atoms with van der Waals surface area (Å²) in [6.07, 6.45) is 5.92. The molecular formula is C17H19BrN2. The molecule has 1 unspecified atom stereocenters. The molecule has 20 heavy (non-hydrogen) atoms. The first-order valence-corrected chi connectivity index (χ1v) is 7.96. The molecule has 1 fully saturated rings. The molecule has 1 saturated carbocycles. The zero-order valence-corrected chi connectivity index (χ0v) is 13.2. The molecule has 0 aliphatic heterocycles. The summed E-state index contributed by atoms with van der Waals surface area (Å²) in [4.78, 5) is 4.50. The Balaban J connectivity index is 1.87. The maximum absolute atomic E-state index is 4.50. The minimum atomic E-state index is 0.126. The van der Waals surface area contributed by atoms with Crippen LogP contribution in [0, 0.1) is 0 Å². The van der Waals surface area contributed by atoms with Crippen molar-refractivity contribution in [1.82, 2.24) is 10.3 Å². The molecule has 0 bridgehead atoms. The largest absolute Gasteiger partial charge is 0.308 e. The summed E-state index contributed by atoms with van der Waals surface area (Å²) in [5, 5.41) is 3.36. The molecule has 3 heteroatoms. The minimum Gasteiger partial charge on any atom is -0.308 e. The molecule has 0 spiro atoms. The Labute approximate surface area is 128 Å². The maximum atomic E-state index is 4.50. The normalized spacial score (nSPS) is 16.7. The van der Waals surface area contributed by atoms with Crippen molar-refractivity contribution in [3.63, 3.8) is 0 Å². The lowest BCUT2D eigenvalue weighted by atomic mass is 9.80. The van der Waals surface area contributed by atoms with Gasteiger partial charge in [0.2, 0.25) is 0 Å². The van der Waals surface area contributed by atoms with Gasteiger partial charge in [-0.1, -0.05) is 30.7 Å². The summed E-state index contributed by atoms with van der Waals surface area (Å²) in [6.45, 7) is 0. The molecule has 2 nitrogen and oxygen atoms in total. The van der Waals surface area contributed by atoms with Gasteiger partial charge in [-0.3, -0.25) is 4.98 Å². The van der Waals surface area contributed by atoms with Crippen molar-refractivity contribution in [2.45, 2.75) is 31.2 Å². The predicted octanol–water partition coefficient (Wildman–Crippen LogP) is 4.42. The molecule has 2 aromatic rings. The van der Waals surface area contributed by atoms with E-state index in [9.17, 15) is 0 Å². The number of halogens is 1. The number of nitrogens with zero attached hydrogens (tertiary/aromatic N) is 1. The third-order valence-corrected chi connectivity index (χ3v) is 4.87. The second-order valence-electron chi connectivity index (χ2n) is 5.39. The monoisotopic (exact) mass is 330 g/mol. The summed E-state index contributed by atoms with van der Waals surface area (Å²) < 4.78 is 1.04. The average molecular weight is 331 g/mol. The van der Waals surface area contributed by atoms with Gasteiger partial charge in [0.15, 0.2) is 0 Å². The van der Waals surface area contributed by atoms with E-state index in [1.54, 1.807) is 0 Å². The van der Waals surface area contributed by atoms with E-state index in [1.165, 1.54) is 30.4 Å². The lowest BCUT2D eigenvalue weighted by Crippen LogP contribution is -2.19. The van der Waals surface area contributed by atoms with Crippen LogP contribution in [0.1, 0.15) is 48.0 Å². The molecule has 1 N–H and O–H groups in total. The van der Waals surface area contributed by atoms with Gasteiger partial charge >= 0.3 is 0 Å². The van der Waals surface area contributed by atoms with E-state index in [-0.39, 0.29) is 6.04 Å². The molecule has 1 aliphatic rings. The van der Waals surface area contributed by atoms with Crippen molar-refractivity contribution in [1.29, 1.82) is 0 Å². The highest BCUT2D eigenvalue weighted by Gasteiger charge is 2.20. The van der Waals surface area contributed by atoms with Gasteiger partial charge in [-0.25, -0.2) is 0 Å². The van der Waals surface area contributed by atoms with E-state index in [0.717, 1.165) is 16.1 Å². The van der Waals surface area contributed by atoms with Gasteiger partial charge in [0, 0.05) is 10.7 Å². The van der Waals surface area contributed by atoms with Crippen molar-refractivity contribution in [3.8, 4) is 0 Å². The summed E-state index contributed by atoms with van der Waals surface area (Å²) in [7, 11) is 1.98. The van der Waals surface area contributed by atoms with Crippen molar-refractivity contribution in [3.05, 3.63) is 63.9 Å². The van der Waals surface area contributed by atoms with Crippen LogP contribution < -0.4 is 5.32 Å². The van der Waals surface area contributed by atoms with Crippen LogP contribution in [0.2, 0.25) is 0 Å². The van der Waals surface area contributed by atoms with Gasteiger partial charge in [-0.2, -0.15) is 0 Å². The fourth-order valence-electron chi connectivity index (χ4n) is 2.77. The Kier molecular flexibility index (Phi) is 4.18. The molecule has 1 aromatic heterocycles. The van der Waals surface area contributed by atoms with Gasteiger partial charge < -0.3 is 5.32 Å². The Morgan fingerprint density at radius 2 is 1.95 bits per heavy atom. The lowest BCUT2D eigenvalue weighted by molar-refractivity contribution is 0.419. The zero-order chi connectivity index (χ0) is 13.9. The summed E-state index contributed by atoms with van der Waals surface area (Å²) in [5.74, 6) is 0.790. The molecule has 0 saturated heterocycles. The number of hydrogen-bond acceptors (Lipinski definition) is 2. The second kappa shape index (κ2) is 6.06. The van der Waals surface area contributed by atoms with E-state index in [4.69, 9.17) is 0 Å². The predicted molar refractivity (Wildman–Crippen MR) is 85.9 cm³/mol. The quantitative estimate of drug-likeness (QED) is 0.897. The van der Waals surface area contributed by atoms with Gasteiger partial charge in [0.05, 0.1) is 11.7 Å². The highest BCUT2D eigenvalue weighted by molar-refractivity contribution is 9.10. The first-order chi connectivity index (χ1) is 9.79. The van der Waals surface area contributed by atoms with Crippen molar-refractivity contribution in [2.24, 2.45) is 0 Å². The molecule has 1 heterocycles. The van der Waals surface area contributed by atoms with Crippen LogP contribution in [0.4, 0.5) is 0 Å². The van der Waals surface area contributed by atoms with Gasteiger partial charge in [0.25, 0.3) is 0 Å². The van der Waals surface area contributed by atoms with Crippen LogP contribution >= 0.6 is 15.9 Å². The van der Waals surface area contributed by atoms with Crippen molar-refractivity contribution >= 4 is 15.9 Å². The summed E-state index contributed by atoms with van der Waals surface area (Å²) in [6, 6.07) is 13.1.